The average Bonchev–Trinajstić information content (AvgIpc) is 3.58. The van der Waals surface area contributed by atoms with Gasteiger partial charge < -0.3 is 4.57 Å². The molecule has 4 heteroatoms. The van der Waals surface area contributed by atoms with Crippen LogP contribution in [0.15, 0.2) is 127 Å². The molecule has 0 amide bonds. The Balaban J connectivity index is 1.37. The van der Waals surface area contributed by atoms with E-state index in [0.717, 1.165) is 40.6 Å². The molecule has 7 rings (SSSR count). The van der Waals surface area contributed by atoms with Gasteiger partial charge in [0.15, 0.2) is 11.6 Å². The monoisotopic (exact) mass is 490 g/mol. The van der Waals surface area contributed by atoms with Crippen molar-refractivity contribution in [2.75, 3.05) is 0 Å². The molecule has 0 spiro atoms. The summed E-state index contributed by atoms with van der Waals surface area (Å²) < 4.78 is 4.49. The highest BCUT2D eigenvalue weighted by Gasteiger charge is 2.18. The lowest BCUT2D eigenvalue weighted by Gasteiger charge is -2.13. The normalized spacial score (nSPS) is 11.4. The number of aryl methyl sites for hydroxylation is 1. The molecule has 7 aromatic rings. The van der Waals surface area contributed by atoms with E-state index in [1.54, 1.807) is 0 Å². The van der Waals surface area contributed by atoms with E-state index in [1.165, 1.54) is 27.4 Å². The third-order valence-electron chi connectivity index (χ3n) is 7.26. The van der Waals surface area contributed by atoms with E-state index in [0.29, 0.717) is 0 Å². The summed E-state index contributed by atoms with van der Waals surface area (Å²) in [6.07, 6.45) is 1.01. The second-order valence-corrected chi connectivity index (χ2v) is 9.49. The lowest BCUT2D eigenvalue weighted by molar-refractivity contribution is 1.06. The molecule has 0 radical (unpaired) electrons. The predicted molar refractivity (Wildman–Crippen MR) is 156 cm³/mol. The number of hydrogen-bond donors (Lipinski definition) is 0. The van der Waals surface area contributed by atoms with Crippen LogP contribution in [0.3, 0.4) is 0 Å². The quantitative estimate of drug-likeness (QED) is 0.243. The highest BCUT2D eigenvalue weighted by Crippen LogP contribution is 2.33. The number of hydrogen-bond acceptors (Lipinski definition) is 2. The molecule has 38 heavy (non-hydrogen) atoms. The smallest absolute Gasteiger partial charge is 0.168 e. The van der Waals surface area contributed by atoms with Gasteiger partial charge in [0, 0.05) is 33.3 Å². The van der Waals surface area contributed by atoms with Crippen molar-refractivity contribution in [2.24, 2.45) is 0 Å². The van der Waals surface area contributed by atoms with Crippen molar-refractivity contribution in [1.29, 1.82) is 0 Å². The third kappa shape index (κ3) is 3.61. The minimum Gasteiger partial charge on any atom is -0.309 e. The first-order valence-corrected chi connectivity index (χ1v) is 13.0. The van der Waals surface area contributed by atoms with Gasteiger partial charge in [0.25, 0.3) is 0 Å². The zero-order valence-corrected chi connectivity index (χ0v) is 21.1. The maximum atomic E-state index is 4.68. The van der Waals surface area contributed by atoms with Crippen molar-refractivity contribution in [3.63, 3.8) is 0 Å². The average molecular weight is 491 g/mol. The standard InChI is InChI=1S/C34H26N4/c1-2-24-16-20-28(21-17-24)38-33(25-10-4-3-5-11-25)35-36-34(38)26-18-22-27(23-19-26)37-31-14-8-6-12-29(31)30-13-7-9-15-32(30)37/h3-23H,2H2,1H3. The lowest BCUT2D eigenvalue weighted by Crippen LogP contribution is -2.01. The van der Waals surface area contributed by atoms with E-state index >= 15 is 0 Å². The molecule has 2 aromatic heterocycles. The van der Waals surface area contributed by atoms with E-state index in [4.69, 9.17) is 0 Å². The van der Waals surface area contributed by atoms with Crippen LogP contribution in [0.5, 0.6) is 0 Å². The molecule has 0 aliphatic heterocycles. The second kappa shape index (κ2) is 9.16. The van der Waals surface area contributed by atoms with Gasteiger partial charge in [0.05, 0.1) is 11.0 Å². The number of para-hydroxylation sites is 2. The molecule has 5 aromatic carbocycles. The molecule has 0 N–H and O–H groups in total. The summed E-state index contributed by atoms with van der Waals surface area (Å²) in [5.41, 5.74) is 7.93. The van der Waals surface area contributed by atoms with E-state index < -0.39 is 0 Å². The van der Waals surface area contributed by atoms with Crippen molar-refractivity contribution >= 4 is 21.8 Å². The van der Waals surface area contributed by atoms with Crippen LogP contribution >= 0.6 is 0 Å². The summed E-state index contributed by atoms with van der Waals surface area (Å²) >= 11 is 0. The fraction of sp³-hybridized carbons (Fsp3) is 0.0588. The Bertz CT molecular complexity index is 1820. The molecule has 2 heterocycles. The molecule has 0 aliphatic rings. The summed E-state index contributed by atoms with van der Waals surface area (Å²) in [7, 11) is 0. The molecule has 182 valence electrons. The molecular weight excluding hydrogens is 464 g/mol. The van der Waals surface area contributed by atoms with Gasteiger partial charge >= 0.3 is 0 Å². The van der Waals surface area contributed by atoms with Gasteiger partial charge in [-0.3, -0.25) is 4.57 Å². The SMILES string of the molecule is CCc1ccc(-n2c(-c3ccccc3)nnc2-c2ccc(-n3c4ccccc4c4ccccc43)cc2)cc1. The van der Waals surface area contributed by atoms with Crippen LogP contribution in [0.4, 0.5) is 0 Å². The molecule has 0 saturated heterocycles. The van der Waals surface area contributed by atoms with Crippen LogP contribution in [-0.4, -0.2) is 19.3 Å². The Morgan fingerprint density at radius 3 is 1.53 bits per heavy atom. The Kier molecular flexibility index (Phi) is 5.37. The first kappa shape index (κ1) is 22.3. The van der Waals surface area contributed by atoms with Crippen molar-refractivity contribution in [2.45, 2.75) is 13.3 Å². The van der Waals surface area contributed by atoms with Gasteiger partial charge in [0.1, 0.15) is 0 Å². The van der Waals surface area contributed by atoms with Gasteiger partial charge in [-0.25, -0.2) is 0 Å². The molecule has 0 aliphatic carbocycles. The van der Waals surface area contributed by atoms with Gasteiger partial charge in [-0.2, -0.15) is 0 Å². The van der Waals surface area contributed by atoms with E-state index in [1.807, 2.05) is 18.2 Å². The van der Waals surface area contributed by atoms with Crippen LogP contribution < -0.4 is 0 Å². The van der Waals surface area contributed by atoms with Crippen LogP contribution in [-0.2, 0) is 6.42 Å². The van der Waals surface area contributed by atoms with Crippen LogP contribution in [0.2, 0.25) is 0 Å². The zero-order valence-electron chi connectivity index (χ0n) is 21.1. The molecule has 0 saturated carbocycles. The largest absolute Gasteiger partial charge is 0.309 e. The van der Waals surface area contributed by atoms with Crippen LogP contribution in [0.1, 0.15) is 12.5 Å². The summed E-state index contributed by atoms with van der Waals surface area (Å²) in [6.45, 7) is 2.17. The van der Waals surface area contributed by atoms with E-state index in [2.05, 4.69) is 135 Å². The van der Waals surface area contributed by atoms with Crippen molar-refractivity contribution < 1.29 is 0 Å². The predicted octanol–water partition coefficient (Wildman–Crippen LogP) is 8.26. The van der Waals surface area contributed by atoms with Crippen LogP contribution in [0, 0.1) is 0 Å². The Hall–Kier alpha value is -4.96. The second-order valence-electron chi connectivity index (χ2n) is 9.49. The topological polar surface area (TPSA) is 35.6 Å². The van der Waals surface area contributed by atoms with Crippen molar-refractivity contribution in [1.82, 2.24) is 19.3 Å². The Morgan fingerprint density at radius 1 is 0.474 bits per heavy atom. The first-order valence-electron chi connectivity index (χ1n) is 13.0. The highest BCUT2D eigenvalue weighted by atomic mass is 15.3. The number of fused-ring (bicyclic) bond motifs is 3. The molecular formula is C34H26N4. The van der Waals surface area contributed by atoms with Crippen molar-refractivity contribution in [3.05, 3.63) is 133 Å². The summed E-state index contributed by atoms with van der Waals surface area (Å²) in [6, 6.07) is 44.7. The van der Waals surface area contributed by atoms with E-state index in [-0.39, 0.29) is 0 Å². The molecule has 0 atom stereocenters. The van der Waals surface area contributed by atoms with Crippen molar-refractivity contribution in [3.8, 4) is 34.2 Å². The van der Waals surface area contributed by atoms with E-state index in [9.17, 15) is 0 Å². The fourth-order valence-corrected chi connectivity index (χ4v) is 5.33. The lowest BCUT2D eigenvalue weighted by atomic mass is 10.1. The molecule has 0 bridgehead atoms. The first-order chi connectivity index (χ1) is 18.8. The van der Waals surface area contributed by atoms with Gasteiger partial charge in [-0.05, 0) is 60.5 Å². The summed E-state index contributed by atoms with van der Waals surface area (Å²) in [5, 5.41) is 11.8. The molecule has 4 nitrogen and oxygen atoms in total. The number of benzene rings is 5. The third-order valence-corrected chi connectivity index (χ3v) is 7.26. The Labute approximate surface area is 221 Å². The molecule has 0 fully saturated rings. The summed E-state index contributed by atoms with van der Waals surface area (Å²) in [4.78, 5) is 0. The number of nitrogens with zero attached hydrogens (tertiary/aromatic N) is 4. The molecule has 0 unspecified atom stereocenters. The number of aromatic nitrogens is 4. The van der Waals surface area contributed by atoms with Gasteiger partial charge in [0.2, 0.25) is 0 Å². The minimum atomic E-state index is 0.821. The maximum absolute atomic E-state index is 4.68. The fourth-order valence-electron chi connectivity index (χ4n) is 5.33. The highest BCUT2D eigenvalue weighted by molar-refractivity contribution is 6.09. The Morgan fingerprint density at radius 2 is 0.947 bits per heavy atom. The van der Waals surface area contributed by atoms with Gasteiger partial charge in [-0.1, -0.05) is 85.8 Å². The minimum absolute atomic E-state index is 0.821. The van der Waals surface area contributed by atoms with Gasteiger partial charge in [-0.15, -0.1) is 10.2 Å². The maximum Gasteiger partial charge on any atom is 0.168 e. The summed E-state index contributed by atoms with van der Waals surface area (Å²) in [5.74, 6) is 1.65. The number of rotatable bonds is 5. The zero-order chi connectivity index (χ0) is 25.5. The van der Waals surface area contributed by atoms with Crippen LogP contribution in [0.25, 0.3) is 56.0 Å².